The summed E-state index contributed by atoms with van der Waals surface area (Å²) in [7, 11) is 0. The average molecular weight is 428 g/mol. The Morgan fingerprint density at radius 1 is 1.23 bits per heavy atom. The van der Waals surface area contributed by atoms with Gasteiger partial charge in [-0.2, -0.15) is 0 Å². The lowest BCUT2D eigenvalue weighted by Crippen LogP contribution is -2.21. The SMILES string of the molecule is Cc1ccc(Nc2[nH]c3c(Cl)ccc([N+](=O)[O-])c3c(=O)c2C(=O)CC(C)C)c(C)c1. The lowest BCUT2D eigenvalue weighted by atomic mass is 9.99. The van der Waals surface area contributed by atoms with Crippen molar-refractivity contribution in [1.29, 1.82) is 0 Å². The van der Waals surface area contributed by atoms with Crippen molar-refractivity contribution in [3.05, 3.63) is 72.4 Å². The van der Waals surface area contributed by atoms with Gasteiger partial charge in [-0.3, -0.25) is 19.7 Å². The minimum atomic E-state index is -0.712. The second-order valence-electron chi connectivity index (χ2n) is 7.74. The lowest BCUT2D eigenvalue weighted by Gasteiger charge is -2.16. The zero-order valence-corrected chi connectivity index (χ0v) is 17.9. The van der Waals surface area contributed by atoms with E-state index in [9.17, 15) is 19.7 Å². The van der Waals surface area contributed by atoms with E-state index in [4.69, 9.17) is 11.6 Å². The number of hydrogen-bond acceptors (Lipinski definition) is 5. The fourth-order valence-electron chi connectivity index (χ4n) is 3.42. The van der Waals surface area contributed by atoms with Crippen LogP contribution in [0.2, 0.25) is 5.02 Å². The van der Waals surface area contributed by atoms with Gasteiger partial charge >= 0.3 is 0 Å². The zero-order chi connectivity index (χ0) is 22.2. The highest BCUT2D eigenvalue weighted by Crippen LogP contribution is 2.32. The number of halogens is 1. The van der Waals surface area contributed by atoms with Gasteiger partial charge in [0.15, 0.2) is 5.78 Å². The Bertz CT molecular complexity index is 1230. The number of carbonyl (C=O) groups is 1. The summed E-state index contributed by atoms with van der Waals surface area (Å²) in [5, 5.41) is 14.6. The van der Waals surface area contributed by atoms with Crippen molar-refractivity contribution < 1.29 is 9.72 Å². The van der Waals surface area contributed by atoms with E-state index in [1.54, 1.807) is 0 Å². The first-order valence-electron chi connectivity index (χ1n) is 9.50. The highest BCUT2D eigenvalue weighted by atomic mass is 35.5. The predicted molar refractivity (Wildman–Crippen MR) is 119 cm³/mol. The molecule has 0 aliphatic heterocycles. The Kier molecular flexibility index (Phi) is 5.94. The molecule has 2 aromatic carbocycles. The molecule has 156 valence electrons. The van der Waals surface area contributed by atoms with Crippen LogP contribution in [0.25, 0.3) is 10.9 Å². The molecule has 0 bridgehead atoms. The van der Waals surface area contributed by atoms with Crippen LogP contribution in [0.4, 0.5) is 17.2 Å². The van der Waals surface area contributed by atoms with Crippen LogP contribution in [0.1, 0.15) is 41.8 Å². The summed E-state index contributed by atoms with van der Waals surface area (Å²) in [5.41, 5.74) is 1.56. The molecule has 30 heavy (non-hydrogen) atoms. The molecule has 2 N–H and O–H groups in total. The Morgan fingerprint density at radius 3 is 2.53 bits per heavy atom. The highest BCUT2D eigenvalue weighted by molar-refractivity contribution is 6.35. The Morgan fingerprint density at radius 2 is 1.93 bits per heavy atom. The Hall–Kier alpha value is -3.19. The fourth-order valence-corrected chi connectivity index (χ4v) is 3.62. The molecule has 3 rings (SSSR count). The highest BCUT2D eigenvalue weighted by Gasteiger charge is 2.26. The fraction of sp³-hybridized carbons (Fsp3) is 0.273. The number of ketones is 1. The van der Waals surface area contributed by atoms with Crippen molar-refractivity contribution in [3.63, 3.8) is 0 Å². The Balaban J connectivity index is 2.34. The summed E-state index contributed by atoms with van der Waals surface area (Å²) in [6.07, 6.45) is 0.129. The van der Waals surface area contributed by atoms with Crippen LogP contribution in [-0.4, -0.2) is 15.7 Å². The van der Waals surface area contributed by atoms with Gasteiger partial charge in [0.1, 0.15) is 16.8 Å². The Labute approximate surface area is 178 Å². The van der Waals surface area contributed by atoms with E-state index in [2.05, 4.69) is 10.3 Å². The second-order valence-corrected chi connectivity index (χ2v) is 8.15. The third kappa shape index (κ3) is 4.07. The van der Waals surface area contributed by atoms with Gasteiger partial charge in [0, 0.05) is 18.2 Å². The van der Waals surface area contributed by atoms with Crippen molar-refractivity contribution in [2.24, 2.45) is 5.92 Å². The van der Waals surface area contributed by atoms with Crippen LogP contribution in [0.3, 0.4) is 0 Å². The van der Waals surface area contributed by atoms with Crippen molar-refractivity contribution in [2.45, 2.75) is 34.1 Å². The minimum absolute atomic E-state index is 0.0101. The third-order valence-electron chi connectivity index (χ3n) is 4.80. The average Bonchev–Trinajstić information content (AvgIpc) is 2.64. The van der Waals surface area contributed by atoms with Gasteiger partial charge in [-0.15, -0.1) is 0 Å². The number of rotatable bonds is 6. The third-order valence-corrected chi connectivity index (χ3v) is 5.11. The van der Waals surface area contributed by atoms with Gasteiger partial charge in [0.05, 0.1) is 15.5 Å². The van der Waals surface area contributed by atoms with E-state index in [1.165, 1.54) is 12.1 Å². The number of aromatic nitrogens is 1. The van der Waals surface area contributed by atoms with Crippen molar-refractivity contribution >= 4 is 45.5 Å². The number of hydrogen-bond donors (Lipinski definition) is 2. The van der Waals surface area contributed by atoms with Crippen molar-refractivity contribution in [2.75, 3.05) is 5.32 Å². The number of carbonyl (C=O) groups excluding carboxylic acids is 1. The molecule has 1 aromatic heterocycles. The molecule has 7 nitrogen and oxygen atoms in total. The first-order chi connectivity index (χ1) is 14.1. The molecule has 3 aromatic rings. The number of nitro groups is 1. The summed E-state index contributed by atoms with van der Waals surface area (Å²) in [6, 6.07) is 8.25. The van der Waals surface area contributed by atoms with Gasteiger partial charge in [-0.25, -0.2) is 0 Å². The number of anilines is 2. The monoisotopic (exact) mass is 427 g/mol. The molecule has 0 spiro atoms. The van der Waals surface area contributed by atoms with Gasteiger partial charge < -0.3 is 10.3 Å². The van der Waals surface area contributed by atoms with E-state index >= 15 is 0 Å². The molecule has 0 radical (unpaired) electrons. The number of fused-ring (bicyclic) bond motifs is 1. The van der Waals surface area contributed by atoms with E-state index < -0.39 is 21.8 Å². The molecule has 0 aliphatic carbocycles. The molecule has 0 aliphatic rings. The first-order valence-corrected chi connectivity index (χ1v) is 9.88. The molecule has 0 unspecified atom stereocenters. The van der Waals surface area contributed by atoms with Crippen LogP contribution in [0.5, 0.6) is 0 Å². The molecule has 1 heterocycles. The number of pyridine rings is 1. The molecule has 0 fully saturated rings. The number of H-pyrrole nitrogens is 1. The summed E-state index contributed by atoms with van der Waals surface area (Å²) in [4.78, 5) is 40.1. The summed E-state index contributed by atoms with van der Waals surface area (Å²) in [5.74, 6) is -0.210. The largest absolute Gasteiger partial charge is 0.341 e. The maximum absolute atomic E-state index is 13.3. The number of Topliss-reactive ketones (excluding diaryl/α,β-unsaturated/α-hetero) is 1. The summed E-state index contributed by atoms with van der Waals surface area (Å²) in [6.45, 7) is 7.60. The van der Waals surface area contributed by atoms with E-state index in [-0.39, 0.29) is 39.6 Å². The molecular formula is C22H22ClN3O4. The van der Waals surface area contributed by atoms with Gasteiger partial charge in [-0.1, -0.05) is 43.1 Å². The summed E-state index contributed by atoms with van der Waals surface area (Å²) < 4.78 is 0. The lowest BCUT2D eigenvalue weighted by molar-refractivity contribution is -0.383. The number of aryl methyl sites for hydroxylation is 2. The predicted octanol–water partition coefficient (Wildman–Crippen LogP) is 5.68. The minimum Gasteiger partial charge on any atom is -0.341 e. The van der Waals surface area contributed by atoms with E-state index in [0.717, 1.165) is 11.1 Å². The molecule has 0 amide bonds. The first kappa shape index (κ1) is 21.5. The number of nitrogens with zero attached hydrogens (tertiary/aromatic N) is 1. The van der Waals surface area contributed by atoms with E-state index in [0.29, 0.717) is 5.69 Å². The topological polar surface area (TPSA) is 105 Å². The van der Waals surface area contributed by atoms with Crippen LogP contribution >= 0.6 is 11.6 Å². The van der Waals surface area contributed by atoms with Gasteiger partial charge in [-0.05, 0) is 37.5 Å². The molecule has 0 saturated heterocycles. The number of nitrogens with one attached hydrogen (secondary N) is 2. The smallest absolute Gasteiger partial charge is 0.282 e. The number of benzene rings is 2. The maximum Gasteiger partial charge on any atom is 0.282 e. The zero-order valence-electron chi connectivity index (χ0n) is 17.1. The van der Waals surface area contributed by atoms with Crippen molar-refractivity contribution in [3.8, 4) is 0 Å². The van der Waals surface area contributed by atoms with Crippen LogP contribution in [0.15, 0.2) is 35.1 Å². The number of non-ortho nitro benzene ring substituents is 1. The molecule has 0 saturated carbocycles. The quantitative estimate of drug-likeness (QED) is 0.299. The molecular weight excluding hydrogens is 406 g/mol. The number of nitro benzene ring substituents is 1. The van der Waals surface area contributed by atoms with E-state index in [1.807, 2.05) is 45.9 Å². The van der Waals surface area contributed by atoms with Gasteiger partial charge in [0.2, 0.25) is 5.43 Å². The van der Waals surface area contributed by atoms with Crippen LogP contribution in [-0.2, 0) is 0 Å². The standard InChI is InChI=1S/C22H22ClN3O4/c1-11(2)9-17(27)19-21(28)18-16(26(29)30)8-6-14(23)20(18)25-22(19)24-15-7-5-12(3)10-13(15)4/h5-8,10-11H,9H2,1-4H3,(H2,24,25,28). The number of aromatic amines is 1. The molecule has 8 heteroatoms. The normalized spacial score (nSPS) is 11.1. The van der Waals surface area contributed by atoms with Crippen molar-refractivity contribution in [1.82, 2.24) is 4.98 Å². The molecule has 0 atom stereocenters. The van der Waals surface area contributed by atoms with Crippen LogP contribution in [0, 0.1) is 29.9 Å². The van der Waals surface area contributed by atoms with Crippen LogP contribution < -0.4 is 10.7 Å². The van der Waals surface area contributed by atoms with Gasteiger partial charge in [0.25, 0.3) is 5.69 Å². The summed E-state index contributed by atoms with van der Waals surface area (Å²) >= 11 is 6.24. The maximum atomic E-state index is 13.3. The second kappa shape index (κ2) is 8.28.